The van der Waals surface area contributed by atoms with Gasteiger partial charge in [-0.2, -0.15) is 0 Å². The molecule has 1 aromatic carbocycles. The molecule has 1 N–H and O–H groups in total. The molecule has 1 aliphatic rings. The molecular weight excluding hydrogens is 236 g/mol. The highest BCUT2D eigenvalue weighted by Crippen LogP contribution is 2.24. The Labute approximate surface area is 116 Å². The monoisotopic (exact) mass is 260 g/mol. The van der Waals surface area contributed by atoms with E-state index in [-0.39, 0.29) is 5.91 Å². The molecule has 3 nitrogen and oxygen atoms in total. The van der Waals surface area contributed by atoms with E-state index in [1.807, 2.05) is 19.1 Å². The number of anilines is 2. The van der Waals surface area contributed by atoms with Crippen LogP contribution in [0.4, 0.5) is 11.4 Å². The summed E-state index contributed by atoms with van der Waals surface area (Å²) in [5, 5.41) is 2.92. The Morgan fingerprint density at radius 3 is 2.74 bits per heavy atom. The molecule has 1 aromatic rings. The van der Waals surface area contributed by atoms with Crippen molar-refractivity contribution in [1.29, 1.82) is 0 Å². The predicted molar refractivity (Wildman–Crippen MR) is 80.6 cm³/mol. The quantitative estimate of drug-likeness (QED) is 0.896. The molecule has 0 saturated carbocycles. The number of hydrogen-bond acceptors (Lipinski definition) is 2. The SMILES string of the molecule is CCCC(=O)Nc1ccc(N2CCCC(C)C2)cc1. The molecule has 104 valence electrons. The van der Waals surface area contributed by atoms with E-state index in [4.69, 9.17) is 0 Å². The topological polar surface area (TPSA) is 32.3 Å². The zero-order valence-corrected chi connectivity index (χ0v) is 12.0. The lowest BCUT2D eigenvalue weighted by atomic mass is 10.00. The van der Waals surface area contributed by atoms with Crippen LogP contribution in [0, 0.1) is 5.92 Å². The molecule has 1 fully saturated rings. The molecule has 1 amide bonds. The zero-order valence-electron chi connectivity index (χ0n) is 12.0. The smallest absolute Gasteiger partial charge is 0.224 e. The lowest BCUT2D eigenvalue weighted by molar-refractivity contribution is -0.116. The Kier molecular flexibility index (Phi) is 4.83. The van der Waals surface area contributed by atoms with Gasteiger partial charge in [-0.25, -0.2) is 0 Å². The third-order valence-corrected chi connectivity index (χ3v) is 3.65. The highest BCUT2D eigenvalue weighted by atomic mass is 16.1. The van der Waals surface area contributed by atoms with Crippen LogP contribution in [0.3, 0.4) is 0 Å². The fourth-order valence-electron chi connectivity index (χ4n) is 2.63. The Morgan fingerprint density at radius 2 is 2.11 bits per heavy atom. The van der Waals surface area contributed by atoms with Crippen molar-refractivity contribution in [2.45, 2.75) is 39.5 Å². The lowest BCUT2D eigenvalue weighted by Gasteiger charge is -2.32. The van der Waals surface area contributed by atoms with Crippen LogP contribution in [0.5, 0.6) is 0 Å². The Morgan fingerprint density at radius 1 is 1.37 bits per heavy atom. The van der Waals surface area contributed by atoms with Gasteiger partial charge in [-0.3, -0.25) is 4.79 Å². The van der Waals surface area contributed by atoms with Gasteiger partial charge in [-0.15, -0.1) is 0 Å². The first-order valence-corrected chi connectivity index (χ1v) is 7.34. The minimum atomic E-state index is 0.0989. The maximum absolute atomic E-state index is 11.5. The van der Waals surface area contributed by atoms with E-state index in [0.29, 0.717) is 6.42 Å². The van der Waals surface area contributed by atoms with E-state index < -0.39 is 0 Å². The van der Waals surface area contributed by atoms with Crippen LogP contribution in [-0.2, 0) is 4.79 Å². The number of rotatable bonds is 4. The van der Waals surface area contributed by atoms with Gasteiger partial charge in [-0.05, 0) is 49.4 Å². The van der Waals surface area contributed by atoms with Crippen molar-refractivity contribution in [3.8, 4) is 0 Å². The summed E-state index contributed by atoms with van der Waals surface area (Å²) >= 11 is 0. The van der Waals surface area contributed by atoms with Gasteiger partial charge in [0.15, 0.2) is 0 Å². The molecule has 0 bridgehead atoms. The van der Waals surface area contributed by atoms with Gasteiger partial charge in [0, 0.05) is 30.9 Å². The first kappa shape index (κ1) is 13.9. The lowest BCUT2D eigenvalue weighted by Crippen LogP contribution is -2.34. The van der Waals surface area contributed by atoms with Crippen molar-refractivity contribution < 1.29 is 4.79 Å². The van der Waals surface area contributed by atoms with Crippen molar-refractivity contribution in [1.82, 2.24) is 0 Å². The van der Waals surface area contributed by atoms with Crippen LogP contribution in [0.25, 0.3) is 0 Å². The standard InChI is InChI=1S/C16H24N2O/c1-3-5-16(19)17-14-7-9-15(10-8-14)18-11-4-6-13(2)12-18/h7-10,13H,3-6,11-12H2,1-2H3,(H,17,19). The third-order valence-electron chi connectivity index (χ3n) is 3.65. The third kappa shape index (κ3) is 3.98. The van der Waals surface area contributed by atoms with Crippen LogP contribution in [0.15, 0.2) is 24.3 Å². The number of nitrogens with one attached hydrogen (secondary N) is 1. The van der Waals surface area contributed by atoms with E-state index in [1.165, 1.54) is 18.5 Å². The van der Waals surface area contributed by atoms with Crippen molar-refractivity contribution >= 4 is 17.3 Å². The first-order valence-electron chi connectivity index (χ1n) is 7.34. The summed E-state index contributed by atoms with van der Waals surface area (Å²) in [5.41, 5.74) is 2.16. The van der Waals surface area contributed by atoms with Gasteiger partial charge in [0.25, 0.3) is 0 Å². The normalized spacial score (nSPS) is 19.3. The molecular formula is C16H24N2O. The van der Waals surface area contributed by atoms with E-state index in [0.717, 1.165) is 31.1 Å². The summed E-state index contributed by atoms with van der Waals surface area (Å²) in [7, 11) is 0. The van der Waals surface area contributed by atoms with Gasteiger partial charge < -0.3 is 10.2 Å². The molecule has 0 aliphatic carbocycles. The van der Waals surface area contributed by atoms with Crippen LogP contribution in [-0.4, -0.2) is 19.0 Å². The number of nitrogens with zero attached hydrogens (tertiary/aromatic N) is 1. The molecule has 1 saturated heterocycles. The summed E-state index contributed by atoms with van der Waals surface area (Å²) in [6.45, 7) is 6.61. The van der Waals surface area contributed by atoms with Gasteiger partial charge in [0.05, 0.1) is 0 Å². The Bertz CT molecular complexity index is 413. The van der Waals surface area contributed by atoms with E-state index in [1.54, 1.807) is 0 Å². The van der Waals surface area contributed by atoms with Crippen molar-refractivity contribution in [2.75, 3.05) is 23.3 Å². The van der Waals surface area contributed by atoms with Gasteiger partial charge in [-0.1, -0.05) is 13.8 Å². The fourth-order valence-corrected chi connectivity index (χ4v) is 2.63. The summed E-state index contributed by atoms with van der Waals surface area (Å²) < 4.78 is 0. The number of amides is 1. The van der Waals surface area contributed by atoms with Crippen LogP contribution < -0.4 is 10.2 Å². The summed E-state index contributed by atoms with van der Waals surface area (Å²) in [4.78, 5) is 14.0. The van der Waals surface area contributed by atoms with Crippen LogP contribution in [0.2, 0.25) is 0 Å². The molecule has 3 heteroatoms. The minimum absolute atomic E-state index is 0.0989. The van der Waals surface area contributed by atoms with E-state index in [2.05, 4.69) is 29.3 Å². The molecule has 1 aliphatic heterocycles. The summed E-state index contributed by atoms with van der Waals surface area (Å²) in [5.74, 6) is 0.875. The molecule has 0 spiro atoms. The molecule has 19 heavy (non-hydrogen) atoms. The average Bonchev–Trinajstić information content (AvgIpc) is 2.40. The predicted octanol–water partition coefficient (Wildman–Crippen LogP) is 3.66. The van der Waals surface area contributed by atoms with Gasteiger partial charge in [0.1, 0.15) is 0 Å². The minimum Gasteiger partial charge on any atom is -0.371 e. The number of benzene rings is 1. The molecule has 0 aromatic heterocycles. The second-order valence-corrected chi connectivity index (χ2v) is 5.54. The highest BCUT2D eigenvalue weighted by molar-refractivity contribution is 5.90. The number of piperidine rings is 1. The highest BCUT2D eigenvalue weighted by Gasteiger charge is 2.16. The van der Waals surface area contributed by atoms with Gasteiger partial charge >= 0.3 is 0 Å². The second-order valence-electron chi connectivity index (χ2n) is 5.54. The van der Waals surface area contributed by atoms with Crippen molar-refractivity contribution in [3.05, 3.63) is 24.3 Å². The molecule has 2 rings (SSSR count). The average molecular weight is 260 g/mol. The van der Waals surface area contributed by atoms with E-state index in [9.17, 15) is 4.79 Å². The zero-order chi connectivity index (χ0) is 13.7. The maximum atomic E-state index is 11.5. The fraction of sp³-hybridized carbons (Fsp3) is 0.562. The largest absolute Gasteiger partial charge is 0.371 e. The van der Waals surface area contributed by atoms with Gasteiger partial charge in [0.2, 0.25) is 5.91 Å². The summed E-state index contributed by atoms with van der Waals surface area (Å²) in [6, 6.07) is 8.23. The van der Waals surface area contributed by atoms with Crippen LogP contribution >= 0.6 is 0 Å². The second kappa shape index (κ2) is 6.60. The number of hydrogen-bond donors (Lipinski definition) is 1. The maximum Gasteiger partial charge on any atom is 0.224 e. The molecule has 0 radical (unpaired) electrons. The van der Waals surface area contributed by atoms with Crippen molar-refractivity contribution in [3.63, 3.8) is 0 Å². The molecule has 1 unspecified atom stereocenters. The first-order chi connectivity index (χ1) is 9.19. The summed E-state index contributed by atoms with van der Waals surface area (Å²) in [6.07, 6.45) is 4.08. The van der Waals surface area contributed by atoms with E-state index >= 15 is 0 Å². The molecule has 1 atom stereocenters. The van der Waals surface area contributed by atoms with Crippen LogP contribution in [0.1, 0.15) is 39.5 Å². The Balaban J connectivity index is 1.96. The van der Waals surface area contributed by atoms with Crippen molar-refractivity contribution in [2.24, 2.45) is 5.92 Å². The Hall–Kier alpha value is -1.51. The number of carbonyl (C=O) groups is 1. The number of carbonyl (C=O) groups excluding carboxylic acids is 1. The molecule has 1 heterocycles.